The summed E-state index contributed by atoms with van der Waals surface area (Å²) >= 11 is 5.72. The molecule has 0 fully saturated rings. The molecule has 3 nitrogen and oxygen atoms in total. The first-order valence-corrected chi connectivity index (χ1v) is 5.99. The Hall–Kier alpha value is -1.81. The van der Waals surface area contributed by atoms with Crippen molar-refractivity contribution in [3.05, 3.63) is 47.4 Å². The van der Waals surface area contributed by atoms with Gasteiger partial charge in [0.1, 0.15) is 5.82 Å². The van der Waals surface area contributed by atoms with Crippen molar-refractivity contribution in [2.75, 3.05) is 17.2 Å². The number of pyridine rings is 1. The third kappa shape index (κ3) is 2.90. The van der Waals surface area contributed by atoms with E-state index in [4.69, 9.17) is 11.6 Å². The first-order valence-electron chi connectivity index (χ1n) is 5.61. The van der Waals surface area contributed by atoms with Crippen molar-refractivity contribution < 1.29 is 4.39 Å². The molecule has 0 bridgehead atoms. The molecule has 2 N–H and O–H groups in total. The molecule has 0 saturated carbocycles. The summed E-state index contributed by atoms with van der Waals surface area (Å²) in [6.07, 6.45) is 1.66. The van der Waals surface area contributed by atoms with Crippen molar-refractivity contribution in [1.82, 2.24) is 4.98 Å². The minimum Gasteiger partial charge on any atom is -0.370 e. The molecular formula is C13H13ClFN3. The number of nitrogens with zero attached hydrogens (tertiary/aromatic N) is 1. The van der Waals surface area contributed by atoms with Gasteiger partial charge in [0, 0.05) is 24.5 Å². The lowest BCUT2D eigenvalue weighted by molar-refractivity contribution is 0.632. The van der Waals surface area contributed by atoms with Gasteiger partial charge in [-0.05, 0) is 25.1 Å². The second-order valence-electron chi connectivity index (χ2n) is 3.69. The van der Waals surface area contributed by atoms with Gasteiger partial charge in [-0.3, -0.25) is 0 Å². The van der Waals surface area contributed by atoms with Crippen LogP contribution in [-0.4, -0.2) is 11.5 Å². The Labute approximate surface area is 110 Å². The second kappa shape index (κ2) is 5.69. The normalized spacial score (nSPS) is 10.2. The van der Waals surface area contributed by atoms with E-state index >= 15 is 0 Å². The number of rotatable bonds is 4. The van der Waals surface area contributed by atoms with Gasteiger partial charge in [-0.1, -0.05) is 17.7 Å². The zero-order chi connectivity index (χ0) is 13.0. The Morgan fingerprint density at radius 1 is 1.33 bits per heavy atom. The molecule has 2 aromatic rings. The molecule has 94 valence electrons. The lowest BCUT2D eigenvalue weighted by atomic mass is 10.3. The molecule has 2 rings (SSSR count). The van der Waals surface area contributed by atoms with Gasteiger partial charge in [-0.15, -0.1) is 0 Å². The minimum absolute atomic E-state index is 0.0981. The number of hydrogen-bond donors (Lipinski definition) is 2. The average Bonchev–Trinajstić information content (AvgIpc) is 2.36. The van der Waals surface area contributed by atoms with Crippen molar-refractivity contribution in [3.8, 4) is 0 Å². The molecule has 0 atom stereocenters. The van der Waals surface area contributed by atoms with E-state index in [1.54, 1.807) is 24.4 Å². The summed E-state index contributed by atoms with van der Waals surface area (Å²) in [5, 5.41) is 6.16. The van der Waals surface area contributed by atoms with Crippen LogP contribution in [0.5, 0.6) is 0 Å². The number of nitrogens with one attached hydrogen (secondary N) is 2. The van der Waals surface area contributed by atoms with Crippen molar-refractivity contribution in [2.24, 2.45) is 0 Å². The molecule has 0 aliphatic rings. The lowest BCUT2D eigenvalue weighted by Gasteiger charge is -2.09. The Bertz CT molecular complexity index is 546. The van der Waals surface area contributed by atoms with Crippen molar-refractivity contribution >= 4 is 28.8 Å². The molecule has 18 heavy (non-hydrogen) atoms. The highest BCUT2D eigenvalue weighted by atomic mass is 35.5. The predicted molar refractivity (Wildman–Crippen MR) is 73.1 cm³/mol. The molecule has 1 heterocycles. The molecule has 0 radical (unpaired) electrons. The zero-order valence-corrected chi connectivity index (χ0v) is 10.6. The largest absolute Gasteiger partial charge is 0.370 e. The standard InChI is InChI=1S/C13H13ClFN3/c1-2-16-12-8-9(6-7-17-12)18-11-5-3-4-10(14)13(11)15/h3-8H,2H2,1H3,(H2,16,17,18). The maximum absolute atomic E-state index is 13.7. The van der Waals surface area contributed by atoms with E-state index in [1.807, 2.05) is 13.0 Å². The fraction of sp³-hybridized carbons (Fsp3) is 0.154. The summed E-state index contributed by atoms with van der Waals surface area (Å²) in [6.45, 7) is 2.76. The average molecular weight is 266 g/mol. The van der Waals surface area contributed by atoms with Gasteiger partial charge in [0.25, 0.3) is 0 Å². The summed E-state index contributed by atoms with van der Waals surface area (Å²) < 4.78 is 13.7. The topological polar surface area (TPSA) is 37.0 Å². The van der Waals surface area contributed by atoms with Crippen LogP contribution in [0.2, 0.25) is 5.02 Å². The molecule has 0 aliphatic carbocycles. The van der Waals surface area contributed by atoms with Crippen LogP contribution < -0.4 is 10.6 Å². The first-order chi connectivity index (χ1) is 8.70. The fourth-order valence-electron chi connectivity index (χ4n) is 1.54. The highest BCUT2D eigenvalue weighted by Crippen LogP contribution is 2.25. The Kier molecular flexibility index (Phi) is 3.99. The second-order valence-corrected chi connectivity index (χ2v) is 4.09. The van der Waals surface area contributed by atoms with Gasteiger partial charge < -0.3 is 10.6 Å². The van der Waals surface area contributed by atoms with Gasteiger partial charge >= 0.3 is 0 Å². The molecule has 5 heteroatoms. The van der Waals surface area contributed by atoms with Gasteiger partial charge in [0.2, 0.25) is 0 Å². The SMILES string of the molecule is CCNc1cc(Nc2cccc(Cl)c2F)ccn1. The molecule has 0 spiro atoms. The smallest absolute Gasteiger partial charge is 0.165 e. The number of halogens is 2. The Morgan fingerprint density at radius 2 is 2.17 bits per heavy atom. The maximum Gasteiger partial charge on any atom is 0.165 e. The Balaban J connectivity index is 2.23. The first kappa shape index (κ1) is 12.6. The monoisotopic (exact) mass is 265 g/mol. The van der Waals surface area contributed by atoms with E-state index in [2.05, 4.69) is 15.6 Å². The van der Waals surface area contributed by atoms with E-state index in [1.165, 1.54) is 6.07 Å². The van der Waals surface area contributed by atoms with E-state index in [0.717, 1.165) is 18.1 Å². The van der Waals surface area contributed by atoms with Gasteiger partial charge in [-0.2, -0.15) is 0 Å². The quantitative estimate of drug-likeness (QED) is 0.876. The number of hydrogen-bond acceptors (Lipinski definition) is 3. The molecule has 1 aromatic heterocycles. The number of anilines is 3. The summed E-state index contributed by atoms with van der Waals surface area (Å²) in [6, 6.07) is 8.42. The molecule has 1 aromatic carbocycles. The van der Waals surface area contributed by atoms with E-state index in [9.17, 15) is 4.39 Å². The molecule has 0 aliphatic heterocycles. The summed E-state index contributed by atoms with van der Waals surface area (Å²) in [5.74, 6) is 0.283. The molecule has 0 unspecified atom stereocenters. The minimum atomic E-state index is -0.457. The third-order valence-corrected chi connectivity index (χ3v) is 2.64. The fourth-order valence-corrected chi connectivity index (χ4v) is 1.72. The van der Waals surface area contributed by atoms with Gasteiger partial charge in [-0.25, -0.2) is 9.37 Å². The van der Waals surface area contributed by atoms with Crippen molar-refractivity contribution in [3.63, 3.8) is 0 Å². The van der Waals surface area contributed by atoms with Crippen LogP contribution in [0.15, 0.2) is 36.5 Å². The Morgan fingerprint density at radius 3 is 2.94 bits per heavy atom. The highest BCUT2D eigenvalue weighted by molar-refractivity contribution is 6.31. The zero-order valence-electron chi connectivity index (χ0n) is 9.87. The lowest BCUT2D eigenvalue weighted by Crippen LogP contribution is -2.00. The molecular weight excluding hydrogens is 253 g/mol. The number of aromatic nitrogens is 1. The van der Waals surface area contributed by atoms with Crippen molar-refractivity contribution in [1.29, 1.82) is 0 Å². The maximum atomic E-state index is 13.7. The van der Waals surface area contributed by atoms with Crippen molar-refractivity contribution in [2.45, 2.75) is 6.92 Å². The summed E-state index contributed by atoms with van der Waals surface area (Å²) in [7, 11) is 0. The van der Waals surface area contributed by atoms with E-state index in [-0.39, 0.29) is 5.02 Å². The van der Waals surface area contributed by atoms with Gasteiger partial charge in [0.05, 0.1) is 10.7 Å². The number of benzene rings is 1. The van der Waals surface area contributed by atoms with Crippen LogP contribution in [0, 0.1) is 5.82 Å². The van der Waals surface area contributed by atoms with E-state index in [0.29, 0.717) is 5.69 Å². The summed E-state index contributed by atoms with van der Waals surface area (Å²) in [5.41, 5.74) is 1.10. The molecule has 0 saturated heterocycles. The van der Waals surface area contributed by atoms with Crippen LogP contribution >= 0.6 is 11.6 Å². The highest BCUT2D eigenvalue weighted by Gasteiger charge is 2.06. The predicted octanol–water partition coefficient (Wildman–Crippen LogP) is 4.05. The summed E-state index contributed by atoms with van der Waals surface area (Å²) in [4.78, 5) is 4.14. The van der Waals surface area contributed by atoms with Crippen LogP contribution in [0.1, 0.15) is 6.92 Å². The van der Waals surface area contributed by atoms with Gasteiger partial charge in [0.15, 0.2) is 5.82 Å². The van der Waals surface area contributed by atoms with Crippen LogP contribution in [0.4, 0.5) is 21.6 Å². The van der Waals surface area contributed by atoms with Crippen LogP contribution in [0.25, 0.3) is 0 Å². The third-order valence-electron chi connectivity index (χ3n) is 2.35. The van der Waals surface area contributed by atoms with Crippen LogP contribution in [-0.2, 0) is 0 Å². The van der Waals surface area contributed by atoms with E-state index < -0.39 is 5.82 Å². The van der Waals surface area contributed by atoms with Crippen LogP contribution in [0.3, 0.4) is 0 Å². The molecule has 0 amide bonds.